The van der Waals surface area contributed by atoms with E-state index in [1.165, 1.54) is 6.07 Å². The molecule has 2 unspecified atom stereocenters. The van der Waals surface area contributed by atoms with Crippen molar-refractivity contribution in [2.24, 2.45) is 5.92 Å². The van der Waals surface area contributed by atoms with Gasteiger partial charge in [0.05, 0.1) is 6.54 Å². The molecule has 3 nitrogen and oxygen atoms in total. The molecular formula is C13H16FNO2. The first-order valence-corrected chi connectivity index (χ1v) is 5.78. The summed E-state index contributed by atoms with van der Waals surface area (Å²) in [7, 11) is 0. The SMILES string of the molecule is CC1CC(c2ccccc2F)N(CC(=O)O)C1. The quantitative estimate of drug-likeness (QED) is 0.876. The minimum Gasteiger partial charge on any atom is -0.480 e. The largest absolute Gasteiger partial charge is 0.480 e. The van der Waals surface area contributed by atoms with E-state index in [0.29, 0.717) is 18.0 Å². The molecule has 92 valence electrons. The van der Waals surface area contributed by atoms with Gasteiger partial charge in [-0.15, -0.1) is 0 Å². The van der Waals surface area contributed by atoms with Crippen molar-refractivity contribution in [2.75, 3.05) is 13.1 Å². The van der Waals surface area contributed by atoms with Gasteiger partial charge in [-0.05, 0) is 18.4 Å². The first-order valence-electron chi connectivity index (χ1n) is 5.78. The van der Waals surface area contributed by atoms with Crippen LogP contribution in [0.3, 0.4) is 0 Å². The van der Waals surface area contributed by atoms with Crippen molar-refractivity contribution in [2.45, 2.75) is 19.4 Å². The van der Waals surface area contributed by atoms with E-state index in [1.54, 1.807) is 18.2 Å². The van der Waals surface area contributed by atoms with Crippen LogP contribution in [0.25, 0.3) is 0 Å². The molecule has 1 heterocycles. The summed E-state index contributed by atoms with van der Waals surface area (Å²) in [6.45, 7) is 2.75. The first-order chi connectivity index (χ1) is 8.08. The van der Waals surface area contributed by atoms with Crippen molar-refractivity contribution in [3.05, 3.63) is 35.6 Å². The molecule has 0 amide bonds. The first kappa shape index (κ1) is 12.0. The van der Waals surface area contributed by atoms with Crippen LogP contribution in [0, 0.1) is 11.7 Å². The number of likely N-dealkylation sites (tertiary alicyclic amines) is 1. The number of carboxylic acids is 1. The van der Waals surface area contributed by atoms with Gasteiger partial charge in [0.2, 0.25) is 0 Å². The summed E-state index contributed by atoms with van der Waals surface area (Å²) in [5.74, 6) is -0.707. The third kappa shape index (κ3) is 2.64. The Morgan fingerprint density at radius 3 is 2.88 bits per heavy atom. The van der Waals surface area contributed by atoms with Gasteiger partial charge < -0.3 is 5.11 Å². The fourth-order valence-corrected chi connectivity index (χ4v) is 2.55. The number of carbonyl (C=O) groups is 1. The van der Waals surface area contributed by atoms with Gasteiger partial charge in [0.15, 0.2) is 0 Å². The van der Waals surface area contributed by atoms with Crippen LogP contribution < -0.4 is 0 Å². The van der Waals surface area contributed by atoms with Crippen LogP contribution in [0.15, 0.2) is 24.3 Å². The summed E-state index contributed by atoms with van der Waals surface area (Å²) in [5.41, 5.74) is 0.609. The lowest BCUT2D eigenvalue weighted by molar-refractivity contribution is -0.138. The van der Waals surface area contributed by atoms with Crippen molar-refractivity contribution in [1.82, 2.24) is 4.90 Å². The van der Waals surface area contributed by atoms with Gasteiger partial charge in [-0.3, -0.25) is 9.69 Å². The molecule has 1 aromatic carbocycles. The highest BCUT2D eigenvalue weighted by Crippen LogP contribution is 2.35. The van der Waals surface area contributed by atoms with Gasteiger partial charge >= 0.3 is 5.97 Å². The molecule has 1 aromatic rings. The van der Waals surface area contributed by atoms with Crippen molar-refractivity contribution in [1.29, 1.82) is 0 Å². The van der Waals surface area contributed by atoms with Gasteiger partial charge in [0, 0.05) is 18.2 Å². The Morgan fingerprint density at radius 1 is 1.53 bits per heavy atom. The standard InChI is InChI=1S/C13H16FNO2/c1-9-6-12(15(7-9)8-13(16)17)10-4-2-3-5-11(10)14/h2-5,9,12H,6-8H2,1H3,(H,16,17). The normalized spacial score (nSPS) is 25.1. The zero-order valence-corrected chi connectivity index (χ0v) is 9.77. The number of hydrogen-bond donors (Lipinski definition) is 1. The van der Waals surface area contributed by atoms with E-state index in [2.05, 4.69) is 6.92 Å². The van der Waals surface area contributed by atoms with Crippen molar-refractivity contribution in [3.8, 4) is 0 Å². The molecule has 0 aliphatic carbocycles. The molecule has 2 rings (SSSR count). The molecule has 1 aliphatic rings. The highest BCUT2D eigenvalue weighted by molar-refractivity contribution is 5.69. The van der Waals surface area contributed by atoms with Crippen LogP contribution in [0.2, 0.25) is 0 Å². The molecule has 1 N–H and O–H groups in total. The van der Waals surface area contributed by atoms with Crippen LogP contribution >= 0.6 is 0 Å². The predicted octanol–water partition coefficient (Wildman–Crippen LogP) is 2.29. The third-order valence-electron chi connectivity index (χ3n) is 3.22. The van der Waals surface area contributed by atoms with E-state index in [4.69, 9.17) is 5.11 Å². The molecule has 1 fully saturated rings. The van der Waals surface area contributed by atoms with Crippen LogP contribution in [0.5, 0.6) is 0 Å². The van der Waals surface area contributed by atoms with Crippen molar-refractivity contribution in [3.63, 3.8) is 0 Å². The topological polar surface area (TPSA) is 40.5 Å². The van der Waals surface area contributed by atoms with Crippen LogP contribution in [-0.2, 0) is 4.79 Å². The second kappa shape index (κ2) is 4.84. The Bertz CT molecular complexity index is 422. The molecular weight excluding hydrogens is 221 g/mol. The summed E-state index contributed by atoms with van der Waals surface area (Å²) in [6.07, 6.45) is 0.814. The van der Waals surface area contributed by atoms with Gasteiger partial charge in [-0.1, -0.05) is 25.1 Å². The predicted molar refractivity (Wildman–Crippen MR) is 62.1 cm³/mol. The summed E-state index contributed by atoms with van der Waals surface area (Å²) in [6, 6.07) is 6.51. The van der Waals surface area contributed by atoms with E-state index < -0.39 is 5.97 Å². The number of aliphatic carboxylic acids is 1. The fourth-order valence-electron chi connectivity index (χ4n) is 2.55. The van der Waals surface area contributed by atoms with E-state index in [-0.39, 0.29) is 18.4 Å². The van der Waals surface area contributed by atoms with E-state index in [9.17, 15) is 9.18 Å². The number of hydrogen-bond acceptors (Lipinski definition) is 2. The van der Waals surface area contributed by atoms with Gasteiger partial charge in [0.25, 0.3) is 0 Å². The Balaban J connectivity index is 2.24. The molecule has 0 saturated carbocycles. The molecule has 17 heavy (non-hydrogen) atoms. The average Bonchev–Trinajstić information content (AvgIpc) is 2.59. The van der Waals surface area contributed by atoms with Crippen molar-refractivity contribution >= 4 is 5.97 Å². The highest BCUT2D eigenvalue weighted by Gasteiger charge is 2.33. The Kier molecular flexibility index (Phi) is 3.43. The second-order valence-corrected chi connectivity index (χ2v) is 4.70. The number of rotatable bonds is 3. The lowest BCUT2D eigenvalue weighted by atomic mass is 10.0. The number of benzene rings is 1. The van der Waals surface area contributed by atoms with E-state index in [1.807, 2.05) is 4.90 Å². The van der Waals surface area contributed by atoms with Gasteiger partial charge in [0.1, 0.15) is 5.82 Å². The zero-order chi connectivity index (χ0) is 12.4. The van der Waals surface area contributed by atoms with E-state index in [0.717, 1.165) is 6.42 Å². The average molecular weight is 237 g/mol. The molecule has 0 radical (unpaired) electrons. The van der Waals surface area contributed by atoms with Crippen LogP contribution in [0.4, 0.5) is 4.39 Å². The molecule has 2 atom stereocenters. The molecule has 4 heteroatoms. The monoisotopic (exact) mass is 237 g/mol. The molecule has 0 spiro atoms. The van der Waals surface area contributed by atoms with Gasteiger partial charge in [-0.25, -0.2) is 4.39 Å². The molecule has 0 aromatic heterocycles. The van der Waals surface area contributed by atoms with Crippen molar-refractivity contribution < 1.29 is 14.3 Å². The summed E-state index contributed by atoms with van der Waals surface area (Å²) < 4.78 is 13.7. The number of carboxylic acid groups (broad SMARTS) is 1. The lowest BCUT2D eigenvalue weighted by Gasteiger charge is -2.23. The zero-order valence-electron chi connectivity index (χ0n) is 9.77. The second-order valence-electron chi connectivity index (χ2n) is 4.70. The fraction of sp³-hybridized carbons (Fsp3) is 0.462. The third-order valence-corrected chi connectivity index (χ3v) is 3.22. The van der Waals surface area contributed by atoms with Crippen LogP contribution in [0.1, 0.15) is 24.9 Å². The Labute approximate surface area is 99.9 Å². The highest BCUT2D eigenvalue weighted by atomic mass is 19.1. The number of halogens is 1. The van der Waals surface area contributed by atoms with Crippen LogP contribution in [-0.4, -0.2) is 29.1 Å². The molecule has 1 saturated heterocycles. The maximum atomic E-state index is 13.7. The van der Waals surface area contributed by atoms with E-state index >= 15 is 0 Å². The Hall–Kier alpha value is -1.42. The summed E-state index contributed by atoms with van der Waals surface area (Å²) in [4.78, 5) is 12.6. The number of nitrogens with zero attached hydrogens (tertiary/aromatic N) is 1. The molecule has 0 bridgehead atoms. The maximum absolute atomic E-state index is 13.7. The minimum atomic E-state index is -0.861. The summed E-state index contributed by atoms with van der Waals surface area (Å²) >= 11 is 0. The van der Waals surface area contributed by atoms with Gasteiger partial charge in [-0.2, -0.15) is 0 Å². The lowest BCUT2D eigenvalue weighted by Crippen LogP contribution is -2.30. The molecule has 1 aliphatic heterocycles. The summed E-state index contributed by atoms with van der Waals surface area (Å²) in [5, 5.41) is 8.86. The Morgan fingerprint density at radius 2 is 2.24 bits per heavy atom. The minimum absolute atomic E-state index is 0.0245. The smallest absolute Gasteiger partial charge is 0.317 e. The maximum Gasteiger partial charge on any atom is 0.317 e.